The van der Waals surface area contributed by atoms with Crippen molar-refractivity contribution in [3.8, 4) is 0 Å². The van der Waals surface area contributed by atoms with Crippen LogP contribution in [0.4, 0.5) is 0 Å². The first kappa shape index (κ1) is 11.4. The Hall–Kier alpha value is -2.09. The number of benzene rings is 1. The van der Waals surface area contributed by atoms with Crippen LogP contribution in [0.15, 0.2) is 60.2 Å². The molecule has 0 bridgehead atoms. The Labute approximate surface area is 102 Å². The summed E-state index contributed by atoms with van der Waals surface area (Å²) in [5.41, 5.74) is 10.2. The summed E-state index contributed by atoms with van der Waals surface area (Å²) in [5.74, 6) is 0.107. The average molecular weight is 224 g/mol. The molecule has 0 heterocycles. The largest absolute Gasteiger partial charge is 0.384 e. The number of nitrogens with one attached hydrogen (secondary N) is 1. The van der Waals surface area contributed by atoms with Crippen LogP contribution in [0.5, 0.6) is 0 Å². The third-order valence-corrected chi connectivity index (χ3v) is 2.99. The van der Waals surface area contributed by atoms with Crippen LogP contribution in [0.25, 0.3) is 0 Å². The van der Waals surface area contributed by atoms with Crippen LogP contribution in [-0.4, -0.2) is 5.84 Å². The molecule has 0 spiro atoms. The molecule has 1 aliphatic carbocycles. The van der Waals surface area contributed by atoms with Crippen molar-refractivity contribution in [3.05, 3.63) is 71.3 Å². The fraction of sp³-hybridized carbons (Fsp3) is 0.133. The Bertz CT molecular complexity index is 521. The molecule has 0 saturated heterocycles. The Morgan fingerprint density at radius 2 is 2.00 bits per heavy atom. The summed E-state index contributed by atoms with van der Waals surface area (Å²) in [7, 11) is 0. The molecule has 0 fully saturated rings. The van der Waals surface area contributed by atoms with Gasteiger partial charge in [-0.25, -0.2) is 0 Å². The van der Waals surface area contributed by atoms with Gasteiger partial charge < -0.3 is 5.73 Å². The first-order chi connectivity index (χ1) is 8.22. The number of rotatable bonds is 3. The van der Waals surface area contributed by atoms with Gasteiger partial charge in [0.2, 0.25) is 0 Å². The van der Waals surface area contributed by atoms with Gasteiger partial charge in [-0.1, -0.05) is 49.1 Å². The van der Waals surface area contributed by atoms with E-state index in [9.17, 15) is 0 Å². The van der Waals surface area contributed by atoms with Crippen LogP contribution in [0.1, 0.15) is 11.1 Å². The Morgan fingerprint density at radius 1 is 1.29 bits per heavy atom. The highest BCUT2D eigenvalue weighted by Gasteiger charge is 2.14. The van der Waals surface area contributed by atoms with E-state index in [4.69, 9.17) is 11.1 Å². The van der Waals surface area contributed by atoms with Gasteiger partial charge >= 0.3 is 0 Å². The van der Waals surface area contributed by atoms with E-state index in [0.717, 1.165) is 24.0 Å². The van der Waals surface area contributed by atoms with Gasteiger partial charge in [0.05, 0.1) is 0 Å². The smallest absolute Gasteiger partial charge is 0.123 e. The zero-order valence-electron chi connectivity index (χ0n) is 9.74. The Kier molecular flexibility index (Phi) is 3.24. The van der Waals surface area contributed by atoms with Crippen molar-refractivity contribution in [1.29, 1.82) is 5.41 Å². The normalized spacial score (nSPS) is 14.8. The van der Waals surface area contributed by atoms with E-state index < -0.39 is 0 Å². The van der Waals surface area contributed by atoms with Crippen LogP contribution in [-0.2, 0) is 12.8 Å². The van der Waals surface area contributed by atoms with Gasteiger partial charge in [-0.15, -0.1) is 0 Å². The highest BCUT2D eigenvalue weighted by Crippen LogP contribution is 2.25. The van der Waals surface area contributed by atoms with Gasteiger partial charge in [0, 0.05) is 5.57 Å². The summed E-state index contributed by atoms with van der Waals surface area (Å²) >= 11 is 0. The highest BCUT2D eigenvalue weighted by molar-refractivity contribution is 5.99. The van der Waals surface area contributed by atoms with E-state index in [2.05, 4.69) is 30.9 Å². The lowest BCUT2D eigenvalue weighted by Gasteiger charge is -2.18. The maximum absolute atomic E-state index is 7.60. The molecule has 1 aromatic rings. The van der Waals surface area contributed by atoms with Crippen LogP contribution in [0.3, 0.4) is 0 Å². The molecule has 86 valence electrons. The van der Waals surface area contributed by atoms with Crippen molar-refractivity contribution in [1.82, 2.24) is 0 Å². The van der Waals surface area contributed by atoms with Gasteiger partial charge in [0.25, 0.3) is 0 Å². The highest BCUT2D eigenvalue weighted by atomic mass is 14.7. The molecule has 0 unspecified atom stereocenters. The van der Waals surface area contributed by atoms with Crippen molar-refractivity contribution in [2.45, 2.75) is 12.8 Å². The first-order valence-corrected chi connectivity index (χ1v) is 5.65. The minimum absolute atomic E-state index is 0.107. The number of allylic oxidation sites excluding steroid dienone is 3. The quantitative estimate of drug-likeness (QED) is 0.463. The number of hydrogen-bond donors (Lipinski definition) is 2. The minimum atomic E-state index is 0.107. The van der Waals surface area contributed by atoms with Crippen molar-refractivity contribution in [3.63, 3.8) is 0 Å². The predicted molar refractivity (Wildman–Crippen MR) is 72.1 cm³/mol. The molecular formula is C15H16N2. The molecule has 1 aliphatic rings. The monoisotopic (exact) mass is 224 g/mol. The summed E-state index contributed by atoms with van der Waals surface area (Å²) in [4.78, 5) is 0. The summed E-state index contributed by atoms with van der Waals surface area (Å²) in [5, 5.41) is 7.60. The second-order valence-electron chi connectivity index (χ2n) is 4.11. The minimum Gasteiger partial charge on any atom is -0.384 e. The average Bonchev–Trinajstić information content (AvgIpc) is 2.35. The summed E-state index contributed by atoms with van der Waals surface area (Å²) in [6.07, 6.45) is 7.39. The molecule has 17 heavy (non-hydrogen) atoms. The third kappa shape index (κ3) is 2.36. The molecule has 2 rings (SSSR count). The van der Waals surface area contributed by atoms with Crippen molar-refractivity contribution in [2.24, 2.45) is 5.73 Å². The maximum atomic E-state index is 7.60. The molecular weight excluding hydrogens is 208 g/mol. The lowest BCUT2D eigenvalue weighted by atomic mass is 9.87. The molecule has 0 amide bonds. The number of fused-ring (bicyclic) bond motifs is 1. The molecule has 2 heteroatoms. The summed E-state index contributed by atoms with van der Waals surface area (Å²) in [6, 6.07) is 8.39. The van der Waals surface area contributed by atoms with Crippen molar-refractivity contribution >= 4 is 5.84 Å². The van der Waals surface area contributed by atoms with Crippen LogP contribution < -0.4 is 5.73 Å². The molecule has 3 N–H and O–H groups in total. The van der Waals surface area contributed by atoms with Crippen LogP contribution in [0.2, 0.25) is 0 Å². The molecule has 0 aromatic heterocycles. The van der Waals surface area contributed by atoms with E-state index in [1.54, 1.807) is 6.08 Å². The molecule has 0 atom stereocenters. The SMILES string of the molecule is C=C/C=C(\C(=N)N)C1=CCc2ccccc2C1. The van der Waals surface area contributed by atoms with Gasteiger partial charge in [0.1, 0.15) is 5.84 Å². The summed E-state index contributed by atoms with van der Waals surface area (Å²) in [6.45, 7) is 3.67. The molecule has 1 aromatic carbocycles. The number of hydrogen-bond acceptors (Lipinski definition) is 1. The fourth-order valence-corrected chi connectivity index (χ4v) is 2.13. The predicted octanol–water partition coefficient (Wildman–Crippen LogP) is 2.76. The topological polar surface area (TPSA) is 49.9 Å². The molecule has 0 saturated carbocycles. The van der Waals surface area contributed by atoms with Gasteiger partial charge in [-0.2, -0.15) is 0 Å². The van der Waals surface area contributed by atoms with Gasteiger partial charge in [-0.3, -0.25) is 5.41 Å². The second kappa shape index (κ2) is 4.83. The zero-order valence-corrected chi connectivity index (χ0v) is 9.74. The van der Waals surface area contributed by atoms with Crippen LogP contribution >= 0.6 is 0 Å². The summed E-state index contributed by atoms with van der Waals surface area (Å²) < 4.78 is 0. The Balaban J connectivity index is 2.32. The third-order valence-electron chi connectivity index (χ3n) is 2.99. The molecule has 0 aliphatic heterocycles. The molecule has 0 radical (unpaired) electrons. The number of amidine groups is 1. The van der Waals surface area contributed by atoms with Crippen molar-refractivity contribution < 1.29 is 0 Å². The second-order valence-corrected chi connectivity index (χ2v) is 4.11. The van der Waals surface area contributed by atoms with E-state index in [1.807, 2.05) is 12.1 Å². The Morgan fingerprint density at radius 3 is 2.65 bits per heavy atom. The maximum Gasteiger partial charge on any atom is 0.123 e. The zero-order chi connectivity index (χ0) is 12.3. The van der Waals surface area contributed by atoms with Gasteiger partial charge in [-0.05, 0) is 29.5 Å². The van der Waals surface area contributed by atoms with E-state index in [1.165, 1.54) is 11.1 Å². The fourth-order valence-electron chi connectivity index (χ4n) is 2.13. The number of nitrogens with two attached hydrogens (primary N) is 1. The molecule has 2 nitrogen and oxygen atoms in total. The van der Waals surface area contributed by atoms with E-state index >= 15 is 0 Å². The van der Waals surface area contributed by atoms with Crippen LogP contribution in [0, 0.1) is 5.41 Å². The van der Waals surface area contributed by atoms with Crippen molar-refractivity contribution in [2.75, 3.05) is 0 Å². The van der Waals surface area contributed by atoms with E-state index in [0.29, 0.717) is 0 Å². The first-order valence-electron chi connectivity index (χ1n) is 5.65. The lowest BCUT2D eigenvalue weighted by Crippen LogP contribution is -2.17. The lowest BCUT2D eigenvalue weighted by molar-refractivity contribution is 1.04. The standard InChI is InChI=1S/C15H16N2/c1-2-5-14(15(16)17)13-9-8-11-6-3-4-7-12(11)10-13/h2-7,9H,1,8,10H2,(H3,16,17)/b14-5-. The van der Waals surface area contributed by atoms with Gasteiger partial charge in [0.15, 0.2) is 0 Å². The van der Waals surface area contributed by atoms with E-state index in [-0.39, 0.29) is 5.84 Å².